The van der Waals surface area contributed by atoms with Gasteiger partial charge in [0.15, 0.2) is 11.5 Å². The highest BCUT2D eigenvalue weighted by Crippen LogP contribution is 2.35. The highest BCUT2D eigenvalue weighted by molar-refractivity contribution is 5.68. The second-order valence-corrected chi connectivity index (χ2v) is 5.24. The fraction of sp³-hybridized carbons (Fsp3) is 0.188. The molecule has 0 unspecified atom stereocenters. The number of pyridine rings is 1. The maximum atomic E-state index is 5.42. The summed E-state index contributed by atoms with van der Waals surface area (Å²) in [5.41, 5.74) is 4.00. The van der Waals surface area contributed by atoms with E-state index in [0.717, 1.165) is 34.1 Å². The molecule has 0 N–H and O–H groups in total. The van der Waals surface area contributed by atoms with Crippen LogP contribution in [0.3, 0.4) is 0 Å². The van der Waals surface area contributed by atoms with Crippen molar-refractivity contribution >= 4 is 11.3 Å². The van der Waals surface area contributed by atoms with Crippen LogP contribution in [0.25, 0.3) is 16.9 Å². The van der Waals surface area contributed by atoms with Gasteiger partial charge in [-0.1, -0.05) is 0 Å². The largest absolute Gasteiger partial charge is 0.454 e. The van der Waals surface area contributed by atoms with Gasteiger partial charge in [0.05, 0.1) is 5.69 Å². The summed E-state index contributed by atoms with van der Waals surface area (Å²) >= 11 is 0. The van der Waals surface area contributed by atoms with Crippen LogP contribution in [0.1, 0.15) is 0 Å². The smallest absolute Gasteiger partial charge is 0.231 e. The van der Waals surface area contributed by atoms with E-state index in [9.17, 15) is 0 Å². The number of imidazole rings is 1. The van der Waals surface area contributed by atoms with Crippen LogP contribution < -0.4 is 14.4 Å². The predicted octanol–water partition coefficient (Wildman–Crippen LogP) is 2.80. The molecule has 3 heterocycles. The average molecular weight is 281 g/mol. The van der Waals surface area contributed by atoms with Crippen molar-refractivity contribution < 1.29 is 9.47 Å². The van der Waals surface area contributed by atoms with Crippen LogP contribution >= 0.6 is 0 Å². The number of aromatic nitrogens is 2. The van der Waals surface area contributed by atoms with Crippen molar-refractivity contribution in [2.45, 2.75) is 0 Å². The Kier molecular flexibility index (Phi) is 2.54. The van der Waals surface area contributed by atoms with E-state index < -0.39 is 0 Å². The molecular weight excluding hydrogens is 266 g/mol. The number of ether oxygens (including phenoxy) is 2. The first-order chi connectivity index (χ1) is 10.2. The third-order valence-electron chi connectivity index (χ3n) is 3.63. The van der Waals surface area contributed by atoms with Gasteiger partial charge in [-0.3, -0.25) is 0 Å². The monoisotopic (exact) mass is 281 g/mol. The first kappa shape index (κ1) is 12.1. The molecule has 1 aliphatic heterocycles. The molecular formula is C16H15N3O2. The molecule has 0 saturated heterocycles. The minimum atomic E-state index is 0.288. The molecule has 106 valence electrons. The van der Waals surface area contributed by atoms with Gasteiger partial charge in [-0.15, -0.1) is 0 Å². The molecule has 2 aromatic heterocycles. The van der Waals surface area contributed by atoms with E-state index in [1.807, 2.05) is 49.1 Å². The summed E-state index contributed by atoms with van der Waals surface area (Å²) in [4.78, 5) is 6.76. The van der Waals surface area contributed by atoms with Gasteiger partial charge in [0.25, 0.3) is 0 Å². The van der Waals surface area contributed by atoms with E-state index in [2.05, 4.69) is 17.0 Å². The fourth-order valence-electron chi connectivity index (χ4n) is 2.44. The Hall–Kier alpha value is -2.69. The lowest BCUT2D eigenvalue weighted by atomic mass is 10.1. The van der Waals surface area contributed by atoms with Crippen molar-refractivity contribution in [1.29, 1.82) is 0 Å². The number of nitrogens with zero attached hydrogens (tertiary/aromatic N) is 3. The van der Waals surface area contributed by atoms with Gasteiger partial charge in [-0.25, -0.2) is 4.98 Å². The van der Waals surface area contributed by atoms with E-state index in [1.165, 1.54) is 0 Å². The third-order valence-corrected chi connectivity index (χ3v) is 3.63. The molecule has 0 atom stereocenters. The molecule has 0 saturated carbocycles. The molecule has 5 nitrogen and oxygen atoms in total. The maximum absolute atomic E-state index is 5.42. The first-order valence-corrected chi connectivity index (χ1v) is 6.77. The zero-order valence-corrected chi connectivity index (χ0v) is 11.9. The predicted molar refractivity (Wildman–Crippen MR) is 81.1 cm³/mol. The Bertz CT molecular complexity index is 824. The Morgan fingerprint density at radius 1 is 1.10 bits per heavy atom. The number of hydrogen-bond acceptors (Lipinski definition) is 4. The normalized spacial score (nSPS) is 12.9. The second kappa shape index (κ2) is 4.41. The summed E-state index contributed by atoms with van der Waals surface area (Å²) in [5.74, 6) is 1.57. The zero-order valence-electron chi connectivity index (χ0n) is 11.9. The maximum Gasteiger partial charge on any atom is 0.231 e. The molecule has 1 aliphatic rings. The van der Waals surface area contributed by atoms with E-state index >= 15 is 0 Å². The zero-order chi connectivity index (χ0) is 14.4. The van der Waals surface area contributed by atoms with Crippen LogP contribution in [0.15, 0.2) is 42.7 Å². The topological polar surface area (TPSA) is 39.0 Å². The standard InChI is InChI=1S/C16H15N3O2/c1-18(2)12-5-6-19-9-13(17-16(19)8-12)11-3-4-14-15(7-11)21-10-20-14/h3-9H,10H2,1-2H3. The van der Waals surface area contributed by atoms with Crippen LogP contribution in [0.2, 0.25) is 0 Å². The molecule has 5 heteroatoms. The number of hydrogen-bond donors (Lipinski definition) is 0. The quantitative estimate of drug-likeness (QED) is 0.724. The third kappa shape index (κ3) is 1.98. The molecule has 0 spiro atoms. The Morgan fingerprint density at radius 2 is 1.95 bits per heavy atom. The minimum Gasteiger partial charge on any atom is -0.454 e. The SMILES string of the molecule is CN(C)c1ccn2cc(-c3ccc4c(c3)OCO4)nc2c1. The minimum absolute atomic E-state index is 0.288. The van der Waals surface area contributed by atoms with Crippen LogP contribution in [-0.2, 0) is 0 Å². The molecule has 3 aromatic rings. The summed E-state index contributed by atoms with van der Waals surface area (Å²) in [5, 5.41) is 0. The first-order valence-electron chi connectivity index (χ1n) is 6.77. The van der Waals surface area contributed by atoms with Crippen molar-refractivity contribution in [3.63, 3.8) is 0 Å². The molecule has 0 fully saturated rings. The lowest BCUT2D eigenvalue weighted by Crippen LogP contribution is -2.08. The van der Waals surface area contributed by atoms with Crippen LogP contribution in [0.4, 0.5) is 5.69 Å². The number of benzene rings is 1. The molecule has 0 radical (unpaired) electrons. The van der Waals surface area contributed by atoms with Crippen molar-refractivity contribution in [3.05, 3.63) is 42.7 Å². The van der Waals surface area contributed by atoms with Crippen molar-refractivity contribution in [1.82, 2.24) is 9.38 Å². The van der Waals surface area contributed by atoms with Crippen molar-refractivity contribution in [3.8, 4) is 22.8 Å². The Balaban J connectivity index is 1.80. The molecule has 4 rings (SSSR count). The molecule has 21 heavy (non-hydrogen) atoms. The lowest BCUT2D eigenvalue weighted by Gasteiger charge is -2.11. The van der Waals surface area contributed by atoms with Crippen molar-refractivity contribution in [2.75, 3.05) is 25.8 Å². The van der Waals surface area contributed by atoms with Gasteiger partial charge >= 0.3 is 0 Å². The van der Waals surface area contributed by atoms with Crippen LogP contribution in [0, 0.1) is 0 Å². The lowest BCUT2D eigenvalue weighted by molar-refractivity contribution is 0.174. The van der Waals surface area contributed by atoms with Gasteiger partial charge in [-0.2, -0.15) is 0 Å². The Morgan fingerprint density at radius 3 is 2.81 bits per heavy atom. The van der Waals surface area contributed by atoms with Crippen LogP contribution in [-0.4, -0.2) is 30.3 Å². The summed E-state index contributed by atoms with van der Waals surface area (Å²) in [6, 6.07) is 10.0. The van der Waals surface area contributed by atoms with Gasteiger partial charge in [0, 0.05) is 43.8 Å². The summed E-state index contributed by atoms with van der Waals surface area (Å²) in [6.07, 6.45) is 4.04. The fourth-order valence-corrected chi connectivity index (χ4v) is 2.44. The highest BCUT2D eigenvalue weighted by Gasteiger charge is 2.15. The van der Waals surface area contributed by atoms with Gasteiger partial charge in [-0.05, 0) is 24.3 Å². The van der Waals surface area contributed by atoms with E-state index in [1.54, 1.807) is 0 Å². The van der Waals surface area contributed by atoms with Gasteiger partial charge < -0.3 is 18.8 Å². The van der Waals surface area contributed by atoms with E-state index in [4.69, 9.17) is 14.5 Å². The summed E-state index contributed by atoms with van der Waals surface area (Å²) < 4.78 is 12.8. The second-order valence-electron chi connectivity index (χ2n) is 5.24. The molecule has 0 bridgehead atoms. The summed E-state index contributed by atoms with van der Waals surface area (Å²) in [7, 11) is 4.04. The van der Waals surface area contributed by atoms with E-state index in [-0.39, 0.29) is 6.79 Å². The molecule has 1 aromatic carbocycles. The molecule has 0 aliphatic carbocycles. The summed E-state index contributed by atoms with van der Waals surface area (Å²) in [6.45, 7) is 0.288. The number of anilines is 1. The highest BCUT2D eigenvalue weighted by atomic mass is 16.7. The van der Waals surface area contributed by atoms with Gasteiger partial charge in [0.1, 0.15) is 5.65 Å². The molecule has 0 amide bonds. The van der Waals surface area contributed by atoms with Crippen LogP contribution in [0.5, 0.6) is 11.5 Å². The number of fused-ring (bicyclic) bond motifs is 2. The number of rotatable bonds is 2. The van der Waals surface area contributed by atoms with E-state index in [0.29, 0.717) is 0 Å². The Labute approximate surface area is 122 Å². The van der Waals surface area contributed by atoms with Crippen molar-refractivity contribution in [2.24, 2.45) is 0 Å². The van der Waals surface area contributed by atoms with Gasteiger partial charge in [0.2, 0.25) is 6.79 Å². The average Bonchev–Trinajstić information content (AvgIpc) is 3.11.